The molecule has 1 aromatic rings. The lowest BCUT2D eigenvalue weighted by molar-refractivity contribution is 0.114. The van der Waals surface area contributed by atoms with E-state index in [0.29, 0.717) is 17.8 Å². The van der Waals surface area contributed by atoms with E-state index < -0.39 is 6.10 Å². The predicted molar refractivity (Wildman–Crippen MR) is 105 cm³/mol. The molecule has 6 nitrogen and oxygen atoms in total. The van der Waals surface area contributed by atoms with Gasteiger partial charge in [0.15, 0.2) is 5.96 Å². The van der Waals surface area contributed by atoms with Gasteiger partial charge in [0.05, 0.1) is 6.54 Å². The normalized spacial score (nSPS) is 24.7. The summed E-state index contributed by atoms with van der Waals surface area (Å²) in [5, 5.41) is 16.9. The van der Waals surface area contributed by atoms with Gasteiger partial charge in [0.1, 0.15) is 24.3 Å². The maximum absolute atomic E-state index is 12.9. The van der Waals surface area contributed by atoms with Crippen LogP contribution in [-0.2, 0) is 0 Å². The predicted octanol–water partition coefficient (Wildman–Crippen LogP) is 1.75. The van der Waals surface area contributed by atoms with E-state index in [4.69, 9.17) is 4.74 Å². The number of aliphatic hydroxyl groups is 1. The first-order valence-corrected chi connectivity index (χ1v) is 9.92. The molecule has 1 aromatic carbocycles. The molecule has 1 aliphatic heterocycles. The zero-order chi connectivity index (χ0) is 19.2. The van der Waals surface area contributed by atoms with Crippen molar-refractivity contribution < 1.29 is 14.2 Å². The van der Waals surface area contributed by atoms with Crippen LogP contribution in [0.2, 0.25) is 0 Å². The third-order valence-corrected chi connectivity index (χ3v) is 5.04. The van der Waals surface area contributed by atoms with Gasteiger partial charge in [-0.15, -0.1) is 0 Å². The van der Waals surface area contributed by atoms with Crippen molar-refractivity contribution in [1.29, 1.82) is 0 Å². The lowest BCUT2D eigenvalue weighted by Gasteiger charge is -2.20. The molecule has 2 aliphatic rings. The number of nitrogens with one attached hydrogen (secondary N) is 2. The van der Waals surface area contributed by atoms with E-state index in [9.17, 15) is 9.50 Å². The molecule has 0 aromatic heterocycles. The number of rotatable bonds is 8. The number of ether oxygens (including phenoxy) is 1. The van der Waals surface area contributed by atoms with Crippen molar-refractivity contribution in [2.75, 3.05) is 26.2 Å². The zero-order valence-corrected chi connectivity index (χ0v) is 16.2. The fourth-order valence-electron chi connectivity index (χ4n) is 3.56. The molecule has 0 bridgehead atoms. The number of benzene rings is 1. The second-order valence-electron chi connectivity index (χ2n) is 7.49. The quantitative estimate of drug-likeness (QED) is 0.475. The molecule has 2 fully saturated rings. The van der Waals surface area contributed by atoms with Gasteiger partial charge in [-0.3, -0.25) is 9.89 Å². The van der Waals surface area contributed by atoms with Crippen LogP contribution in [0.25, 0.3) is 0 Å². The largest absolute Gasteiger partial charge is 0.491 e. The Balaban J connectivity index is 1.45. The number of aliphatic hydroxyl groups excluding tert-OH is 1. The van der Waals surface area contributed by atoms with Gasteiger partial charge >= 0.3 is 0 Å². The Bertz CT molecular complexity index is 621. The first kappa shape index (κ1) is 19.9. The van der Waals surface area contributed by atoms with Crippen LogP contribution in [0.15, 0.2) is 29.3 Å². The SMILES string of the molecule is CCNC(=NCC(O)COc1ccc(F)cc1)NC1CC(C)N(C2CC2)C1. The van der Waals surface area contributed by atoms with E-state index in [1.165, 1.54) is 25.0 Å². The number of halogens is 1. The minimum absolute atomic E-state index is 0.116. The minimum atomic E-state index is -0.726. The number of hydrogen-bond donors (Lipinski definition) is 3. The summed E-state index contributed by atoms with van der Waals surface area (Å²) in [6, 6.07) is 7.52. The molecule has 3 atom stereocenters. The first-order valence-electron chi connectivity index (χ1n) is 9.92. The molecule has 27 heavy (non-hydrogen) atoms. The van der Waals surface area contributed by atoms with Crippen LogP contribution in [-0.4, -0.2) is 66.4 Å². The van der Waals surface area contributed by atoms with Crippen LogP contribution in [0, 0.1) is 5.82 Å². The highest BCUT2D eigenvalue weighted by Crippen LogP contribution is 2.33. The smallest absolute Gasteiger partial charge is 0.191 e. The average molecular weight is 378 g/mol. The van der Waals surface area contributed by atoms with Gasteiger partial charge in [-0.1, -0.05) is 0 Å². The molecule has 3 N–H and O–H groups in total. The number of hydrogen-bond acceptors (Lipinski definition) is 4. The first-order chi connectivity index (χ1) is 13.0. The highest BCUT2D eigenvalue weighted by molar-refractivity contribution is 5.80. The Labute approximate surface area is 160 Å². The molecule has 3 rings (SSSR count). The molecular weight excluding hydrogens is 347 g/mol. The summed E-state index contributed by atoms with van der Waals surface area (Å²) in [6.07, 6.45) is 3.03. The second kappa shape index (κ2) is 9.37. The van der Waals surface area contributed by atoms with Crippen LogP contribution in [0.3, 0.4) is 0 Å². The standard InChI is InChI=1S/C20H31FN4O2/c1-3-22-20(24-16-10-14(2)25(12-16)17-6-7-17)23-11-18(26)13-27-19-8-4-15(21)5-9-19/h4-5,8-9,14,16-18,26H,3,6-7,10-13H2,1-2H3,(H2,22,23,24). The monoisotopic (exact) mass is 378 g/mol. The van der Waals surface area contributed by atoms with E-state index >= 15 is 0 Å². The maximum atomic E-state index is 12.9. The number of aliphatic imine (C=N–C) groups is 1. The van der Waals surface area contributed by atoms with Crippen LogP contribution < -0.4 is 15.4 Å². The van der Waals surface area contributed by atoms with Crippen LogP contribution >= 0.6 is 0 Å². The second-order valence-corrected chi connectivity index (χ2v) is 7.49. The Morgan fingerprint density at radius 2 is 2.11 bits per heavy atom. The van der Waals surface area contributed by atoms with Crippen molar-refractivity contribution in [1.82, 2.24) is 15.5 Å². The third-order valence-electron chi connectivity index (χ3n) is 5.04. The molecule has 3 unspecified atom stereocenters. The van der Waals surface area contributed by atoms with Gasteiger partial charge < -0.3 is 20.5 Å². The van der Waals surface area contributed by atoms with Crippen LogP contribution in [0.1, 0.15) is 33.1 Å². The topological polar surface area (TPSA) is 69.1 Å². The van der Waals surface area contributed by atoms with E-state index in [-0.39, 0.29) is 19.0 Å². The maximum Gasteiger partial charge on any atom is 0.191 e. The summed E-state index contributed by atoms with van der Waals surface area (Å²) in [4.78, 5) is 7.09. The Hall–Kier alpha value is -1.86. The summed E-state index contributed by atoms with van der Waals surface area (Å²) in [6.45, 7) is 6.49. The van der Waals surface area contributed by atoms with Crippen molar-refractivity contribution >= 4 is 5.96 Å². The van der Waals surface area contributed by atoms with Crippen molar-refractivity contribution in [3.63, 3.8) is 0 Å². The van der Waals surface area contributed by atoms with E-state index in [2.05, 4.69) is 27.4 Å². The van der Waals surface area contributed by atoms with Gasteiger partial charge in [-0.05, 0) is 57.4 Å². The number of likely N-dealkylation sites (tertiary alicyclic amines) is 1. The Kier molecular flexibility index (Phi) is 6.90. The molecular formula is C20H31FN4O2. The van der Waals surface area contributed by atoms with Crippen molar-refractivity contribution in [3.05, 3.63) is 30.1 Å². The van der Waals surface area contributed by atoms with Gasteiger partial charge in [0, 0.05) is 31.2 Å². The molecule has 7 heteroatoms. The molecule has 1 saturated carbocycles. The molecule has 150 valence electrons. The molecule has 1 saturated heterocycles. The number of guanidine groups is 1. The fraction of sp³-hybridized carbons (Fsp3) is 0.650. The summed E-state index contributed by atoms with van der Waals surface area (Å²) in [7, 11) is 0. The molecule has 1 heterocycles. The fourth-order valence-corrected chi connectivity index (χ4v) is 3.56. The molecule has 1 aliphatic carbocycles. The van der Waals surface area contributed by atoms with Crippen LogP contribution in [0.5, 0.6) is 5.75 Å². The third kappa shape index (κ3) is 6.07. The van der Waals surface area contributed by atoms with Crippen molar-refractivity contribution in [2.24, 2.45) is 4.99 Å². The zero-order valence-electron chi connectivity index (χ0n) is 16.2. The van der Waals surface area contributed by atoms with Crippen molar-refractivity contribution in [2.45, 2.75) is 57.3 Å². The number of nitrogens with zero attached hydrogens (tertiary/aromatic N) is 2. The van der Waals surface area contributed by atoms with E-state index in [1.807, 2.05) is 6.92 Å². The summed E-state index contributed by atoms with van der Waals surface area (Å²) >= 11 is 0. The highest BCUT2D eigenvalue weighted by Gasteiger charge is 2.38. The van der Waals surface area contributed by atoms with Gasteiger partial charge in [0.25, 0.3) is 0 Å². The molecule has 0 spiro atoms. The van der Waals surface area contributed by atoms with Gasteiger partial charge in [-0.2, -0.15) is 0 Å². The molecule has 0 amide bonds. The Morgan fingerprint density at radius 3 is 2.78 bits per heavy atom. The summed E-state index contributed by atoms with van der Waals surface area (Å²) in [5.74, 6) is 0.952. The molecule has 0 radical (unpaired) electrons. The van der Waals surface area contributed by atoms with Gasteiger partial charge in [-0.25, -0.2) is 4.39 Å². The van der Waals surface area contributed by atoms with Gasteiger partial charge in [0.2, 0.25) is 0 Å². The lowest BCUT2D eigenvalue weighted by atomic mass is 10.2. The Morgan fingerprint density at radius 1 is 1.37 bits per heavy atom. The van der Waals surface area contributed by atoms with E-state index in [1.54, 1.807) is 12.1 Å². The highest BCUT2D eigenvalue weighted by atomic mass is 19.1. The average Bonchev–Trinajstić information content (AvgIpc) is 3.42. The lowest BCUT2D eigenvalue weighted by Crippen LogP contribution is -2.45. The summed E-state index contributed by atoms with van der Waals surface area (Å²) in [5.41, 5.74) is 0. The van der Waals surface area contributed by atoms with Crippen molar-refractivity contribution in [3.8, 4) is 5.75 Å². The van der Waals surface area contributed by atoms with E-state index in [0.717, 1.165) is 31.5 Å². The minimum Gasteiger partial charge on any atom is -0.491 e. The van der Waals surface area contributed by atoms with Crippen LogP contribution in [0.4, 0.5) is 4.39 Å². The summed E-state index contributed by atoms with van der Waals surface area (Å²) < 4.78 is 18.4.